The quantitative estimate of drug-likeness (QED) is 0.319. The molecular weight excluding hydrogens is 487 g/mol. The third-order valence-electron chi connectivity index (χ3n) is 6.73. The fraction of sp³-hybridized carbons (Fsp3) is 0.250. The first kappa shape index (κ1) is 23.9. The summed E-state index contributed by atoms with van der Waals surface area (Å²) in [5.41, 5.74) is 4.82. The minimum atomic E-state index is -0.208. The van der Waals surface area contributed by atoms with Crippen LogP contribution in [0.15, 0.2) is 65.4 Å². The van der Waals surface area contributed by atoms with Crippen molar-refractivity contribution in [3.05, 3.63) is 89.1 Å². The molecule has 1 N–H and O–H groups in total. The number of halogens is 1. The zero-order valence-electron chi connectivity index (χ0n) is 21.1. The second-order valence-electron chi connectivity index (χ2n) is 9.17. The van der Waals surface area contributed by atoms with Crippen LogP contribution in [0.25, 0.3) is 17.2 Å². The molecule has 2 aromatic carbocycles. The molecule has 0 fully saturated rings. The summed E-state index contributed by atoms with van der Waals surface area (Å²) in [6.07, 6.45) is 4.29. The average molecular weight is 515 g/mol. The van der Waals surface area contributed by atoms with Gasteiger partial charge in [0.2, 0.25) is 11.8 Å². The van der Waals surface area contributed by atoms with E-state index in [9.17, 15) is 4.39 Å². The van der Waals surface area contributed by atoms with Crippen molar-refractivity contribution in [1.82, 2.24) is 24.5 Å². The Labute approximate surface area is 218 Å². The van der Waals surface area contributed by atoms with E-state index in [1.807, 2.05) is 36.5 Å². The molecule has 4 heterocycles. The number of hydrogen-bond donors (Lipinski definition) is 1. The van der Waals surface area contributed by atoms with Gasteiger partial charge in [0.1, 0.15) is 5.82 Å². The molecule has 1 aliphatic rings. The third-order valence-corrected chi connectivity index (χ3v) is 6.73. The van der Waals surface area contributed by atoms with E-state index in [1.165, 1.54) is 11.6 Å². The largest absolute Gasteiger partial charge is 0.493 e. The maximum atomic E-state index is 13.8. The van der Waals surface area contributed by atoms with Crippen molar-refractivity contribution in [3.8, 4) is 23.1 Å². The molecular formula is C28H27FN6O3. The number of rotatable bonds is 8. The smallest absolute Gasteiger partial charge is 0.226 e. The number of furan rings is 1. The molecule has 194 valence electrons. The highest BCUT2D eigenvalue weighted by Gasteiger charge is 2.21. The summed E-state index contributed by atoms with van der Waals surface area (Å²) < 4.78 is 31.9. The summed E-state index contributed by atoms with van der Waals surface area (Å²) >= 11 is 0. The van der Waals surface area contributed by atoms with Gasteiger partial charge in [0.05, 0.1) is 20.5 Å². The van der Waals surface area contributed by atoms with Crippen molar-refractivity contribution >= 4 is 11.6 Å². The molecule has 0 saturated heterocycles. The van der Waals surface area contributed by atoms with Crippen LogP contribution in [0.4, 0.5) is 10.3 Å². The molecule has 6 rings (SSSR count). The molecule has 5 aromatic rings. The lowest BCUT2D eigenvalue weighted by atomic mass is 9.99. The normalized spacial score (nSPS) is 13.4. The van der Waals surface area contributed by atoms with E-state index < -0.39 is 0 Å². The summed E-state index contributed by atoms with van der Waals surface area (Å²) in [5, 5.41) is 8.07. The monoisotopic (exact) mass is 514 g/mol. The van der Waals surface area contributed by atoms with Crippen molar-refractivity contribution in [2.75, 3.05) is 26.1 Å². The first-order valence-corrected chi connectivity index (χ1v) is 12.3. The van der Waals surface area contributed by atoms with Gasteiger partial charge in [0.15, 0.2) is 22.9 Å². The molecule has 0 bridgehead atoms. The van der Waals surface area contributed by atoms with E-state index in [1.54, 1.807) is 37.1 Å². The Bertz CT molecular complexity index is 1580. The molecule has 38 heavy (non-hydrogen) atoms. The number of nitrogens with one attached hydrogen (secondary N) is 1. The van der Waals surface area contributed by atoms with Crippen LogP contribution in [-0.4, -0.2) is 45.2 Å². The minimum absolute atomic E-state index is 0.208. The summed E-state index contributed by atoms with van der Waals surface area (Å²) in [6, 6.07) is 14.4. The summed E-state index contributed by atoms with van der Waals surface area (Å²) in [7, 11) is 3.22. The number of hydrogen-bond acceptors (Lipinski definition) is 8. The second kappa shape index (κ2) is 10.1. The predicted octanol–water partition coefficient (Wildman–Crippen LogP) is 4.71. The number of nitrogens with zero attached hydrogens (tertiary/aromatic N) is 5. The summed E-state index contributed by atoms with van der Waals surface area (Å²) in [4.78, 5) is 11.8. The lowest BCUT2D eigenvalue weighted by molar-refractivity contribution is 0.245. The lowest BCUT2D eigenvalue weighted by Gasteiger charge is -2.28. The van der Waals surface area contributed by atoms with Gasteiger partial charge < -0.3 is 19.2 Å². The van der Waals surface area contributed by atoms with Gasteiger partial charge in [-0.1, -0.05) is 12.1 Å². The van der Waals surface area contributed by atoms with Crippen LogP contribution >= 0.6 is 0 Å². The SMILES string of the molecule is COc1ccc(CNc2ncc(CN3CCc4ccc(F)cc4C3)c3nc(-c4ccco4)nn23)cc1OC. The Kier molecular flexibility index (Phi) is 6.38. The molecule has 9 nitrogen and oxygen atoms in total. The molecule has 0 radical (unpaired) electrons. The van der Waals surface area contributed by atoms with E-state index in [-0.39, 0.29) is 5.82 Å². The number of benzene rings is 2. The zero-order chi connectivity index (χ0) is 26.1. The van der Waals surface area contributed by atoms with Crippen LogP contribution in [0.2, 0.25) is 0 Å². The number of ether oxygens (including phenoxy) is 2. The minimum Gasteiger partial charge on any atom is -0.493 e. The number of fused-ring (bicyclic) bond motifs is 2. The topological polar surface area (TPSA) is 90.0 Å². The molecule has 0 aliphatic carbocycles. The molecule has 0 saturated carbocycles. The Morgan fingerprint density at radius 3 is 2.76 bits per heavy atom. The molecule has 0 unspecified atom stereocenters. The van der Waals surface area contributed by atoms with Crippen LogP contribution in [0.1, 0.15) is 22.3 Å². The van der Waals surface area contributed by atoms with Gasteiger partial charge in [-0.25, -0.2) is 14.4 Å². The van der Waals surface area contributed by atoms with Gasteiger partial charge in [-0.2, -0.15) is 4.52 Å². The molecule has 0 amide bonds. The number of anilines is 1. The van der Waals surface area contributed by atoms with Crippen molar-refractivity contribution in [3.63, 3.8) is 0 Å². The van der Waals surface area contributed by atoms with E-state index >= 15 is 0 Å². The first-order chi connectivity index (χ1) is 18.6. The fourth-order valence-corrected chi connectivity index (χ4v) is 4.79. The van der Waals surface area contributed by atoms with Gasteiger partial charge in [-0.3, -0.25) is 4.90 Å². The highest BCUT2D eigenvalue weighted by atomic mass is 19.1. The molecule has 3 aromatic heterocycles. The van der Waals surface area contributed by atoms with Crippen molar-refractivity contribution in [2.45, 2.75) is 26.1 Å². The van der Waals surface area contributed by atoms with E-state index in [4.69, 9.17) is 29.0 Å². The maximum absolute atomic E-state index is 13.8. The van der Waals surface area contributed by atoms with E-state index in [2.05, 4.69) is 10.2 Å². The van der Waals surface area contributed by atoms with Gasteiger partial charge in [-0.15, -0.1) is 5.10 Å². The number of methoxy groups -OCH3 is 2. The molecule has 0 spiro atoms. The van der Waals surface area contributed by atoms with E-state index in [0.29, 0.717) is 54.3 Å². The Balaban J connectivity index is 1.29. The van der Waals surface area contributed by atoms with Gasteiger partial charge >= 0.3 is 0 Å². The van der Waals surface area contributed by atoms with Gasteiger partial charge in [0.25, 0.3) is 0 Å². The van der Waals surface area contributed by atoms with Crippen LogP contribution in [0, 0.1) is 5.82 Å². The average Bonchev–Trinajstić information content (AvgIpc) is 3.63. The Morgan fingerprint density at radius 1 is 1.05 bits per heavy atom. The molecule has 0 atom stereocenters. The number of aromatic nitrogens is 4. The third kappa shape index (κ3) is 4.66. The van der Waals surface area contributed by atoms with Crippen molar-refractivity contribution in [2.24, 2.45) is 0 Å². The molecule has 1 aliphatic heterocycles. The van der Waals surface area contributed by atoms with Crippen molar-refractivity contribution < 1.29 is 18.3 Å². The summed E-state index contributed by atoms with van der Waals surface area (Å²) in [6.45, 7) is 2.63. The van der Waals surface area contributed by atoms with Crippen LogP contribution in [-0.2, 0) is 26.1 Å². The highest BCUT2D eigenvalue weighted by Crippen LogP contribution is 2.28. The predicted molar refractivity (Wildman–Crippen MR) is 140 cm³/mol. The molecule has 10 heteroatoms. The van der Waals surface area contributed by atoms with Crippen LogP contribution in [0.3, 0.4) is 0 Å². The second-order valence-corrected chi connectivity index (χ2v) is 9.17. The highest BCUT2D eigenvalue weighted by molar-refractivity contribution is 5.58. The lowest BCUT2D eigenvalue weighted by Crippen LogP contribution is -2.30. The van der Waals surface area contributed by atoms with E-state index in [0.717, 1.165) is 29.7 Å². The van der Waals surface area contributed by atoms with Crippen LogP contribution in [0.5, 0.6) is 11.5 Å². The van der Waals surface area contributed by atoms with Gasteiger partial charge in [0, 0.05) is 37.9 Å². The maximum Gasteiger partial charge on any atom is 0.226 e. The standard InChI is InChI=1S/C28H27FN6O3/c1-36-23-8-5-18(12-25(23)37-2)14-30-28-31-15-21(27-32-26(33-35(27)28)24-4-3-11-38-24)17-34-10-9-19-6-7-22(29)13-20(19)16-34/h3-8,11-13,15H,9-10,14,16-17H2,1-2H3,(H,30,31). The Morgan fingerprint density at radius 2 is 1.95 bits per heavy atom. The fourth-order valence-electron chi connectivity index (χ4n) is 4.79. The van der Waals surface area contributed by atoms with Gasteiger partial charge in [-0.05, 0) is 59.5 Å². The van der Waals surface area contributed by atoms with Crippen LogP contribution < -0.4 is 14.8 Å². The van der Waals surface area contributed by atoms with Crippen molar-refractivity contribution in [1.29, 1.82) is 0 Å². The Hall–Kier alpha value is -4.44. The summed E-state index contributed by atoms with van der Waals surface area (Å²) in [5.74, 6) is 2.72. The zero-order valence-corrected chi connectivity index (χ0v) is 21.1. The first-order valence-electron chi connectivity index (χ1n) is 12.3.